The quantitative estimate of drug-likeness (QED) is 0.461. The van der Waals surface area contributed by atoms with E-state index in [2.05, 4.69) is 5.32 Å². The molecule has 0 unspecified atom stereocenters. The maximum absolute atomic E-state index is 13.6. The van der Waals surface area contributed by atoms with Gasteiger partial charge in [-0.1, -0.05) is 29.8 Å². The molecule has 3 aromatic rings. The van der Waals surface area contributed by atoms with Crippen molar-refractivity contribution in [1.29, 1.82) is 0 Å². The number of ether oxygens (including phenoxy) is 2. The molecule has 3 aromatic carbocycles. The number of amides is 1. The average Bonchev–Trinajstić information content (AvgIpc) is 3.49. The highest BCUT2D eigenvalue weighted by atomic mass is 32.2. The van der Waals surface area contributed by atoms with E-state index in [9.17, 15) is 21.6 Å². The third kappa shape index (κ3) is 5.19. The van der Waals surface area contributed by atoms with Gasteiger partial charge in [0.25, 0.3) is 15.9 Å². The van der Waals surface area contributed by atoms with Crippen molar-refractivity contribution in [1.82, 2.24) is 4.31 Å². The standard InChI is InChI=1S/C27H29N3O7S2/c1-19-9-11-20(12-10-19)39(34,35)30-18-26(37-25-8-4-3-7-23(25)30)27(31)28-22-17-21(13-14-24(22)36-2)38(32,33)29-15-5-6-16-29/h3-4,7-14,17,26H,5-6,15-16,18H2,1-2H3,(H,28,31)/t26-/m1/s1. The molecule has 2 heterocycles. The predicted octanol–water partition coefficient (Wildman–Crippen LogP) is 3.38. The third-order valence-electron chi connectivity index (χ3n) is 6.77. The van der Waals surface area contributed by atoms with E-state index in [1.807, 2.05) is 6.92 Å². The van der Waals surface area contributed by atoms with Crippen LogP contribution in [0.5, 0.6) is 11.5 Å². The minimum Gasteiger partial charge on any atom is -0.495 e. The van der Waals surface area contributed by atoms with Crippen LogP contribution in [0.4, 0.5) is 11.4 Å². The van der Waals surface area contributed by atoms with Crippen LogP contribution in [0, 0.1) is 6.92 Å². The summed E-state index contributed by atoms with van der Waals surface area (Å²) in [6.45, 7) is 2.46. The van der Waals surface area contributed by atoms with Crippen molar-refractivity contribution in [3.63, 3.8) is 0 Å². The Morgan fingerprint density at radius 3 is 2.28 bits per heavy atom. The lowest BCUT2D eigenvalue weighted by Crippen LogP contribution is -2.48. The summed E-state index contributed by atoms with van der Waals surface area (Å²) in [6, 6.07) is 17.3. The van der Waals surface area contributed by atoms with E-state index < -0.39 is 32.1 Å². The summed E-state index contributed by atoms with van der Waals surface area (Å²) in [5.41, 5.74) is 1.37. The number of carbonyl (C=O) groups is 1. The average molecular weight is 572 g/mol. The Hall–Kier alpha value is -3.61. The molecule has 1 fully saturated rings. The van der Waals surface area contributed by atoms with Crippen LogP contribution in [0.15, 0.2) is 76.5 Å². The van der Waals surface area contributed by atoms with Crippen molar-refractivity contribution in [3.8, 4) is 11.5 Å². The van der Waals surface area contributed by atoms with Gasteiger partial charge in [0, 0.05) is 13.1 Å². The SMILES string of the molecule is COc1ccc(S(=O)(=O)N2CCCC2)cc1NC(=O)[C@H]1CN(S(=O)(=O)c2ccc(C)cc2)c2ccccc2O1. The van der Waals surface area contributed by atoms with Gasteiger partial charge in [0.05, 0.1) is 34.8 Å². The summed E-state index contributed by atoms with van der Waals surface area (Å²) in [4.78, 5) is 13.6. The molecule has 39 heavy (non-hydrogen) atoms. The van der Waals surface area contributed by atoms with E-state index >= 15 is 0 Å². The summed E-state index contributed by atoms with van der Waals surface area (Å²) in [7, 11) is -6.35. The Morgan fingerprint density at radius 1 is 0.923 bits per heavy atom. The molecule has 1 atom stereocenters. The van der Waals surface area contributed by atoms with Crippen LogP contribution in [0.25, 0.3) is 0 Å². The Kier molecular flexibility index (Phi) is 7.27. The van der Waals surface area contributed by atoms with Crippen molar-refractivity contribution < 1.29 is 31.1 Å². The molecule has 12 heteroatoms. The number of sulfonamides is 2. The lowest BCUT2D eigenvalue weighted by Gasteiger charge is -2.34. The number of carbonyl (C=O) groups excluding carboxylic acids is 1. The highest BCUT2D eigenvalue weighted by molar-refractivity contribution is 7.92. The van der Waals surface area contributed by atoms with Crippen molar-refractivity contribution in [2.24, 2.45) is 0 Å². The van der Waals surface area contributed by atoms with Gasteiger partial charge in [-0.2, -0.15) is 4.31 Å². The monoisotopic (exact) mass is 571 g/mol. The summed E-state index contributed by atoms with van der Waals surface area (Å²) in [6.07, 6.45) is 0.367. The van der Waals surface area contributed by atoms with E-state index in [0.29, 0.717) is 18.8 Å². The first kappa shape index (κ1) is 27.0. The molecule has 1 N–H and O–H groups in total. The number of fused-ring (bicyclic) bond motifs is 1. The van der Waals surface area contributed by atoms with E-state index in [4.69, 9.17) is 9.47 Å². The van der Waals surface area contributed by atoms with Crippen molar-refractivity contribution in [3.05, 3.63) is 72.3 Å². The maximum Gasteiger partial charge on any atom is 0.267 e. The lowest BCUT2D eigenvalue weighted by molar-refractivity contribution is -0.122. The molecular formula is C27H29N3O7S2. The molecule has 1 saturated heterocycles. The molecule has 0 radical (unpaired) electrons. The highest BCUT2D eigenvalue weighted by Crippen LogP contribution is 2.37. The zero-order valence-electron chi connectivity index (χ0n) is 21.5. The molecule has 2 aliphatic rings. The zero-order chi connectivity index (χ0) is 27.8. The normalized spacial score (nSPS) is 17.8. The molecule has 0 saturated carbocycles. The number of hydrogen-bond donors (Lipinski definition) is 1. The molecule has 2 aliphatic heterocycles. The second kappa shape index (κ2) is 10.5. The molecule has 0 aromatic heterocycles. The van der Waals surface area contributed by atoms with Gasteiger partial charge in [0.15, 0.2) is 6.10 Å². The molecule has 5 rings (SSSR count). The first-order chi connectivity index (χ1) is 18.6. The fourth-order valence-electron chi connectivity index (χ4n) is 4.64. The topological polar surface area (TPSA) is 122 Å². The number of aryl methyl sites for hydroxylation is 1. The maximum atomic E-state index is 13.6. The van der Waals surface area contributed by atoms with Crippen LogP contribution < -0.4 is 19.1 Å². The van der Waals surface area contributed by atoms with E-state index in [0.717, 1.165) is 22.7 Å². The smallest absolute Gasteiger partial charge is 0.267 e. The molecule has 10 nitrogen and oxygen atoms in total. The first-order valence-electron chi connectivity index (χ1n) is 12.5. The molecule has 206 valence electrons. The summed E-state index contributed by atoms with van der Waals surface area (Å²) in [5, 5.41) is 2.69. The zero-order valence-corrected chi connectivity index (χ0v) is 23.2. The van der Waals surface area contributed by atoms with Crippen molar-refractivity contribution >= 4 is 37.3 Å². The first-order valence-corrected chi connectivity index (χ1v) is 15.3. The minimum absolute atomic E-state index is 0.0268. The second-order valence-corrected chi connectivity index (χ2v) is 13.2. The second-order valence-electron chi connectivity index (χ2n) is 9.39. The highest BCUT2D eigenvalue weighted by Gasteiger charge is 2.38. The number of benzene rings is 3. The summed E-state index contributed by atoms with van der Waals surface area (Å²) < 4.78 is 67.3. The number of nitrogens with one attached hydrogen (secondary N) is 1. The molecule has 1 amide bonds. The van der Waals surface area contributed by atoms with Crippen LogP contribution in [0.2, 0.25) is 0 Å². The summed E-state index contributed by atoms with van der Waals surface area (Å²) in [5.74, 6) is -0.163. The van der Waals surface area contributed by atoms with Gasteiger partial charge in [-0.15, -0.1) is 0 Å². The number of hydrogen-bond acceptors (Lipinski definition) is 7. The Balaban J connectivity index is 1.45. The Labute approximate surface area is 228 Å². The van der Waals surface area contributed by atoms with Crippen LogP contribution in [0.3, 0.4) is 0 Å². The van der Waals surface area contributed by atoms with Gasteiger partial charge in [-0.3, -0.25) is 9.10 Å². The van der Waals surface area contributed by atoms with Gasteiger partial charge in [-0.25, -0.2) is 16.8 Å². The fourth-order valence-corrected chi connectivity index (χ4v) is 7.66. The number of rotatable bonds is 7. The van der Waals surface area contributed by atoms with Crippen LogP contribution >= 0.6 is 0 Å². The van der Waals surface area contributed by atoms with Gasteiger partial charge < -0.3 is 14.8 Å². The molecule has 0 bridgehead atoms. The van der Waals surface area contributed by atoms with E-state index in [1.54, 1.807) is 36.4 Å². The molecule has 0 aliphatic carbocycles. The van der Waals surface area contributed by atoms with Crippen molar-refractivity contribution in [2.75, 3.05) is 36.4 Å². The number of anilines is 2. The van der Waals surface area contributed by atoms with Crippen LogP contribution in [-0.2, 0) is 24.8 Å². The predicted molar refractivity (Wildman–Crippen MR) is 146 cm³/mol. The molecular weight excluding hydrogens is 542 g/mol. The Bertz CT molecular complexity index is 1600. The number of methoxy groups -OCH3 is 1. The number of nitrogens with zero attached hydrogens (tertiary/aromatic N) is 2. The van der Waals surface area contributed by atoms with Crippen LogP contribution in [-0.4, -0.2) is 59.9 Å². The van der Waals surface area contributed by atoms with E-state index in [-0.39, 0.29) is 33.5 Å². The van der Waals surface area contributed by atoms with Gasteiger partial charge in [0.1, 0.15) is 11.5 Å². The van der Waals surface area contributed by atoms with E-state index in [1.165, 1.54) is 41.7 Å². The summed E-state index contributed by atoms with van der Waals surface area (Å²) >= 11 is 0. The lowest BCUT2D eigenvalue weighted by atomic mass is 10.2. The Morgan fingerprint density at radius 2 is 1.59 bits per heavy atom. The van der Waals surface area contributed by atoms with Gasteiger partial charge in [0.2, 0.25) is 10.0 Å². The van der Waals surface area contributed by atoms with Crippen molar-refractivity contribution in [2.45, 2.75) is 35.7 Å². The number of para-hydroxylation sites is 2. The minimum atomic E-state index is -4.02. The largest absolute Gasteiger partial charge is 0.495 e. The van der Waals surface area contributed by atoms with Gasteiger partial charge in [-0.05, 0) is 62.2 Å². The fraction of sp³-hybridized carbons (Fsp3) is 0.296. The van der Waals surface area contributed by atoms with Crippen LogP contribution in [0.1, 0.15) is 18.4 Å². The molecule has 0 spiro atoms. The van der Waals surface area contributed by atoms with Gasteiger partial charge >= 0.3 is 0 Å². The third-order valence-corrected chi connectivity index (χ3v) is 10.5.